The van der Waals surface area contributed by atoms with E-state index in [0.29, 0.717) is 5.65 Å². The topological polar surface area (TPSA) is 53.2 Å². The van der Waals surface area contributed by atoms with Gasteiger partial charge in [0.15, 0.2) is 5.65 Å². The van der Waals surface area contributed by atoms with Crippen molar-refractivity contribution < 1.29 is 5.11 Å². The second-order valence-corrected chi connectivity index (χ2v) is 1.90. The molecule has 0 saturated heterocycles. The highest BCUT2D eigenvalue weighted by Crippen LogP contribution is 2.01. The third-order valence-electron chi connectivity index (χ3n) is 1.23. The van der Waals surface area contributed by atoms with Crippen LogP contribution in [-0.4, -0.2) is 14.6 Å². The standard InChI is InChI=1S/C6H5N3O/c10-6-2-4-9-5(8-6)1-3-7-9/h1-4H,(H,8,10)/p-1. The van der Waals surface area contributed by atoms with Crippen molar-refractivity contribution in [3.8, 4) is 5.88 Å². The summed E-state index contributed by atoms with van der Waals surface area (Å²) in [4.78, 5) is 3.68. The molecular weight excluding hydrogens is 130 g/mol. The van der Waals surface area contributed by atoms with E-state index < -0.39 is 0 Å². The minimum absolute atomic E-state index is 0.229. The molecule has 0 aliphatic rings. The van der Waals surface area contributed by atoms with E-state index in [4.69, 9.17) is 0 Å². The molecule has 0 atom stereocenters. The summed E-state index contributed by atoms with van der Waals surface area (Å²) in [7, 11) is 0. The number of aromatic nitrogens is 3. The summed E-state index contributed by atoms with van der Waals surface area (Å²) in [5.74, 6) is -0.229. The van der Waals surface area contributed by atoms with Crippen molar-refractivity contribution in [3.05, 3.63) is 24.5 Å². The van der Waals surface area contributed by atoms with Crippen LogP contribution < -0.4 is 5.11 Å². The van der Waals surface area contributed by atoms with Gasteiger partial charge in [-0.05, 0) is 11.9 Å². The predicted octanol–water partition coefficient (Wildman–Crippen LogP) is -0.197. The van der Waals surface area contributed by atoms with Gasteiger partial charge in [0.1, 0.15) is 0 Å². The molecule has 2 rings (SSSR count). The average molecular weight is 134 g/mol. The molecule has 0 aliphatic carbocycles. The molecule has 0 amide bonds. The van der Waals surface area contributed by atoms with Crippen molar-refractivity contribution in [3.63, 3.8) is 0 Å². The lowest BCUT2D eigenvalue weighted by Crippen LogP contribution is -1.96. The largest absolute Gasteiger partial charge is 0.859 e. The second kappa shape index (κ2) is 1.70. The van der Waals surface area contributed by atoms with Crippen LogP contribution >= 0.6 is 0 Å². The van der Waals surface area contributed by atoms with Gasteiger partial charge in [-0.3, -0.25) is 0 Å². The fraction of sp³-hybridized carbons (Fsp3) is 0. The summed E-state index contributed by atoms with van der Waals surface area (Å²) in [5, 5.41) is 14.5. The third-order valence-corrected chi connectivity index (χ3v) is 1.23. The highest BCUT2D eigenvalue weighted by Gasteiger charge is 1.89. The molecule has 0 aromatic carbocycles. The Labute approximate surface area is 56.8 Å². The summed E-state index contributed by atoms with van der Waals surface area (Å²) < 4.78 is 1.54. The Morgan fingerprint density at radius 2 is 2.30 bits per heavy atom. The Morgan fingerprint density at radius 3 is 3.20 bits per heavy atom. The molecule has 0 spiro atoms. The van der Waals surface area contributed by atoms with Crippen molar-refractivity contribution in [2.45, 2.75) is 0 Å². The highest BCUT2D eigenvalue weighted by atomic mass is 16.3. The first-order chi connectivity index (χ1) is 4.86. The van der Waals surface area contributed by atoms with Gasteiger partial charge in [0, 0.05) is 12.3 Å². The van der Waals surface area contributed by atoms with Gasteiger partial charge in [-0.2, -0.15) is 5.10 Å². The van der Waals surface area contributed by atoms with Crippen molar-refractivity contribution in [1.29, 1.82) is 0 Å². The number of fused-ring (bicyclic) bond motifs is 1. The van der Waals surface area contributed by atoms with Crippen LogP contribution in [0, 0.1) is 0 Å². The van der Waals surface area contributed by atoms with Gasteiger partial charge in [-0.1, -0.05) is 0 Å². The smallest absolute Gasteiger partial charge is 0.154 e. The second-order valence-electron chi connectivity index (χ2n) is 1.90. The van der Waals surface area contributed by atoms with E-state index in [2.05, 4.69) is 10.1 Å². The lowest BCUT2D eigenvalue weighted by atomic mass is 10.6. The van der Waals surface area contributed by atoms with Gasteiger partial charge in [-0.25, -0.2) is 9.50 Å². The molecule has 0 radical (unpaired) electrons. The Morgan fingerprint density at radius 1 is 1.40 bits per heavy atom. The van der Waals surface area contributed by atoms with Crippen molar-refractivity contribution >= 4 is 5.65 Å². The summed E-state index contributed by atoms with van der Waals surface area (Å²) in [6.07, 6.45) is 3.19. The molecular formula is C6H4N3O-. The van der Waals surface area contributed by atoms with E-state index in [0.717, 1.165) is 0 Å². The number of nitrogens with zero attached hydrogens (tertiary/aromatic N) is 3. The molecule has 0 N–H and O–H groups in total. The van der Waals surface area contributed by atoms with Crippen molar-refractivity contribution in [2.75, 3.05) is 0 Å². The van der Waals surface area contributed by atoms with E-state index in [9.17, 15) is 5.11 Å². The van der Waals surface area contributed by atoms with Gasteiger partial charge in [0.2, 0.25) is 0 Å². The molecule has 0 saturated carbocycles. The molecule has 4 heteroatoms. The fourth-order valence-electron chi connectivity index (χ4n) is 0.795. The van der Waals surface area contributed by atoms with Crippen molar-refractivity contribution in [1.82, 2.24) is 14.6 Å². The maximum absolute atomic E-state index is 10.6. The van der Waals surface area contributed by atoms with Gasteiger partial charge >= 0.3 is 0 Å². The first-order valence-corrected chi connectivity index (χ1v) is 2.84. The normalized spacial score (nSPS) is 10.4. The Bertz CT molecular complexity index is 355. The zero-order valence-corrected chi connectivity index (χ0v) is 5.06. The van der Waals surface area contributed by atoms with E-state index in [1.165, 1.54) is 6.07 Å². The summed E-state index contributed by atoms with van der Waals surface area (Å²) >= 11 is 0. The van der Waals surface area contributed by atoms with Gasteiger partial charge in [-0.15, -0.1) is 0 Å². The van der Waals surface area contributed by atoms with E-state index in [1.54, 1.807) is 23.0 Å². The van der Waals surface area contributed by atoms with Gasteiger partial charge < -0.3 is 5.11 Å². The SMILES string of the molecule is [O-]c1ccn2nccc2n1. The van der Waals surface area contributed by atoms with E-state index in [-0.39, 0.29) is 5.88 Å². The van der Waals surface area contributed by atoms with Crippen LogP contribution in [0.25, 0.3) is 5.65 Å². The Hall–Kier alpha value is -1.58. The monoisotopic (exact) mass is 134 g/mol. The average Bonchev–Trinajstić information content (AvgIpc) is 2.33. The van der Waals surface area contributed by atoms with Crippen LogP contribution in [0.2, 0.25) is 0 Å². The molecule has 2 aromatic heterocycles. The van der Waals surface area contributed by atoms with E-state index in [1.807, 2.05) is 0 Å². The van der Waals surface area contributed by atoms with E-state index >= 15 is 0 Å². The zero-order chi connectivity index (χ0) is 6.97. The van der Waals surface area contributed by atoms with Gasteiger partial charge in [0.25, 0.3) is 0 Å². The highest BCUT2D eigenvalue weighted by molar-refractivity contribution is 5.36. The lowest BCUT2D eigenvalue weighted by molar-refractivity contribution is -0.274. The number of hydrogen-bond donors (Lipinski definition) is 0. The number of rotatable bonds is 0. The van der Waals surface area contributed by atoms with Crippen molar-refractivity contribution in [2.24, 2.45) is 0 Å². The Balaban J connectivity index is 2.86. The molecule has 0 aliphatic heterocycles. The van der Waals surface area contributed by atoms with Crippen LogP contribution in [0.3, 0.4) is 0 Å². The first-order valence-electron chi connectivity index (χ1n) is 2.84. The molecule has 2 aromatic rings. The first kappa shape index (κ1) is 5.22. The molecule has 0 unspecified atom stereocenters. The van der Waals surface area contributed by atoms with Crippen LogP contribution in [0.15, 0.2) is 24.5 Å². The molecule has 50 valence electrons. The summed E-state index contributed by atoms with van der Waals surface area (Å²) in [6.45, 7) is 0. The summed E-state index contributed by atoms with van der Waals surface area (Å²) in [6, 6.07) is 3.06. The van der Waals surface area contributed by atoms with Crippen LogP contribution in [0.5, 0.6) is 5.88 Å². The molecule has 4 nitrogen and oxygen atoms in total. The molecule has 2 heterocycles. The maximum atomic E-state index is 10.6. The lowest BCUT2D eigenvalue weighted by Gasteiger charge is -2.01. The molecule has 0 fully saturated rings. The Kier molecular flexibility index (Phi) is 0.887. The summed E-state index contributed by atoms with van der Waals surface area (Å²) in [5.41, 5.74) is 0.590. The van der Waals surface area contributed by atoms with Crippen LogP contribution in [-0.2, 0) is 0 Å². The minimum Gasteiger partial charge on any atom is -0.859 e. The molecule has 0 bridgehead atoms. The quantitative estimate of drug-likeness (QED) is 0.501. The molecule has 10 heavy (non-hydrogen) atoms. The zero-order valence-electron chi connectivity index (χ0n) is 5.06. The predicted molar refractivity (Wildman–Crippen MR) is 32.4 cm³/mol. The number of hydrogen-bond acceptors (Lipinski definition) is 3. The minimum atomic E-state index is -0.229. The van der Waals surface area contributed by atoms with Gasteiger partial charge in [0.05, 0.1) is 6.20 Å². The maximum Gasteiger partial charge on any atom is 0.154 e. The van der Waals surface area contributed by atoms with Crippen LogP contribution in [0.1, 0.15) is 0 Å². The third kappa shape index (κ3) is 0.621. The fourth-order valence-corrected chi connectivity index (χ4v) is 0.795. The van der Waals surface area contributed by atoms with Crippen LogP contribution in [0.4, 0.5) is 0 Å².